The Kier molecular flexibility index (Phi) is 5.12. The predicted octanol–water partition coefficient (Wildman–Crippen LogP) is 3.85. The molecule has 0 fully saturated rings. The first-order chi connectivity index (χ1) is 12.5. The van der Waals surface area contributed by atoms with Gasteiger partial charge < -0.3 is 15.5 Å². The lowest BCUT2D eigenvalue weighted by Crippen LogP contribution is -2.15. The molecule has 26 heavy (non-hydrogen) atoms. The number of benzene rings is 2. The van der Waals surface area contributed by atoms with Crippen molar-refractivity contribution in [1.29, 1.82) is 0 Å². The van der Waals surface area contributed by atoms with Gasteiger partial charge in [0.15, 0.2) is 11.5 Å². The highest BCUT2D eigenvalue weighted by molar-refractivity contribution is 6.02. The van der Waals surface area contributed by atoms with Crippen molar-refractivity contribution in [2.24, 2.45) is 0 Å². The van der Waals surface area contributed by atoms with E-state index in [9.17, 15) is 4.79 Å². The molecule has 3 aromatic rings. The average molecular weight is 347 g/mol. The topological polar surface area (TPSA) is 70.2 Å². The molecule has 6 heteroatoms. The van der Waals surface area contributed by atoms with Gasteiger partial charge in [0.25, 0.3) is 5.91 Å². The number of nitrogens with one attached hydrogen (secondary N) is 2. The maximum Gasteiger partial charge on any atom is 0.276 e. The van der Waals surface area contributed by atoms with Gasteiger partial charge in [-0.2, -0.15) is 0 Å². The largest absolute Gasteiger partial charge is 0.378 e. The van der Waals surface area contributed by atoms with Crippen LogP contribution in [-0.4, -0.2) is 30.2 Å². The molecular weight excluding hydrogens is 326 g/mol. The molecule has 0 aliphatic carbocycles. The lowest BCUT2D eigenvalue weighted by atomic mass is 10.2. The first-order valence-corrected chi connectivity index (χ1v) is 8.27. The molecule has 0 aliphatic rings. The highest BCUT2D eigenvalue weighted by Gasteiger charge is 2.09. The van der Waals surface area contributed by atoms with Crippen LogP contribution in [0.4, 0.5) is 22.9 Å². The fraction of sp³-hybridized carbons (Fsp3) is 0.150. The zero-order valence-corrected chi connectivity index (χ0v) is 15.0. The van der Waals surface area contributed by atoms with Crippen molar-refractivity contribution in [3.05, 3.63) is 71.9 Å². The Morgan fingerprint density at radius 3 is 2.31 bits per heavy atom. The Morgan fingerprint density at radius 2 is 1.69 bits per heavy atom. The molecule has 132 valence electrons. The number of nitrogens with zero attached hydrogens (tertiary/aromatic N) is 3. The molecule has 1 aromatic heterocycles. The summed E-state index contributed by atoms with van der Waals surface area (Å²) in [7, 11) is 3.94. The van der Waals surface area contributed by atoms with E-state index < -0.39 is 0 Å². The van der Waals surface area contributed by atoms with E-state index in [-0.39, 0.29) is 11.6 Å². The zero-order chi connectivity index (χ0) is 18.5. The van der Waals surface area contributed by atoms with E-state index in [0.717, 1.165) is 16.9 Å². The van der Waals surface area contributed by atoms with Crippen LogP contribution < -0.4 is 15.5 Å². The Balaban J connectivity index is 1.65. The summed E-state index contributed by atoms with van der Waals surface area (Å²) in [5.74, 6) is 0.291. The first-order valence-electron chi connectivity index (χ1n) is 8.27. The monoisotopic (exact) mass is 347 g/mol. The summed E-state index contributed by atoms with van der Waals surface area (Å²) in [6.45, 7) is 2.02. The van der Waals surface area contributed by atoms with Crippen molar-refractivity contribution >= 4 is 28.8 Å². The number of anilines is 4. The maximum atomic E-state index is 12.3. The maximum absolute atomic E-state index is 12.3. The second-order valence-electron chi connectivity index (χ2n) is 6.19. The normalized spacial score (nSPS) is 10.3. The number of rotatable bonds is 5. The van der Waals surface area contributed by atoms with Crippen molar-refractivity contribution in [2.45, 2.75) is 6.92 Å². The molecule has 6 nitrogen and oxygen atoms in total. The van der Waals surface area contributed by atoms with Crippen LogP contribution in [0.2, 0.25) is 0 Å². The van der Waals surface area contributed by atoms with Crippen LogP contribution in [0.15, 0.2) is 60.7 Å². The number of carbonyl (C=O) groups is 1. The summed E-state index contributed by atoms with van der Waals surface area (Å²) in [6, 6.07) is 18.9. The molecule has 0 spiro atoms. The summed E-state index contributed by atoms with van der Waals surface area (Å²) >= 11 is 0. The third-order valence-electron chi connectivity index (χ3n) is 3.83. The highest BCUT2D eigenvalue weighted by Crippen LogP contribution is 2.17. The van der Waals surface area contributed by atoms with Gasteiger partial charge in [-0.15, -0.1) is 10.2 Å². The zero-order valence-electron chi connectivity index (χ0n) is 15.0. The lowest BCUT2D eigenvalue weighted by molar-refractivity contribution is 0.102. The van der Waals surface area contributed by atoms with Crippen molar-refractivity contribution < 1.29 is 4.79 Å². The molecule has 0 radical (unpaired) electrons. The van der Waals surface area contributed by atoms with Crippen LogP contribution in [0, 0.1) is 6.92 Å². The number of amides is 1. The fourth-order valence-corrected chi connectivity index (χ4v) is 2.43. The number of hydrogen-bond acceptors (Lipinski definition) is 5. The molecule has 0 atom stereocenters. The van der Waals surface area contributed by atoms with E-state index in [2.05, 4.69) is 20.8 Å². The Bertz CT molecular complexity index is 889. The van der Waals surface area contributed by atoms with Crippen LogP contribution in [0.25, 0.3) is 0 Å². The summed E-state index contributed by atoms with van der Waals surface area (Å²) in [6.07, 6.45) is 0. The molecule has 1 heterocycles. The van der Waals surface area contributed by atoms with Gasteiger partial charge in [-0.3, -0.25) is 4.79 Å². The van der Waals surface area contributed by atoms with E-state index in [0.29, 0.717) is 11.5 Å². The van der Waals surface area contributed by atoms with Crippen molar-refractivity contribution in [1.82, 2.24) is 10.2 Å². The van der Waals surface area contributed by atoms with Crippen LogP contribution in [0.3, 0.4) is 0 Å². The van der Waals surface area contributed by atoms with Gasteiger partial charge in [-0.1, -0.05) is 12.1 Å². The minimum Gasteiger partial charge on any atom is -0.378 e. The molecule has 0 aliphatic heterocycles. The van der Waals surface area contributed by atoms with Crippen LogP contribution in [0.1, 0.15) is 16.1 Å². The van der Waals surface area contributed by atoms with Crippen LogP contribution in [-0.2, 0) is 0 Å². The van der Waals surface area contributed by atoms with Crippen molar-refractivity contribution in [2.75, 3.05) is 29.6 Å². The van der Waals surface area contributed by atoms with Gasteiger partial charge in [0.1, 0.15) is 0 Å². The van der Waals surface area contributed by atoms with Gasteiger partial charge in [-0.05, 0) is 61.0 Å². The van der Waals surface area contributed by atoms with E-state index in [4.69, 9.17) is 0 Å². The van der Waals surface area contributed by atoms with Gasteiger partial charge in [0.05, 0.1) is 0 Å². The fourth-order valence-electron chi connectivity index (χ4n) is 2.43. The minimum absolute atomic E-state index is 0.261. The molecular formula is C20H21N5O. The molecule has 3 rings (SSSR count). The summed E-state index contributed by atoms with van der Waals surface area (Å²) in [5.41, 5.74) is 4.12. The molecule has 2 N–H and O–H groups in total. The lowest BCUT2D eigenvalue weighted by Gasteiger charge is -2.13. The summed E-state index contributed by atoms with van der Waals surface area (Å²) < 4.78 is 0. The van der Waals surface area contributed by atoms with Gasteiger partial charge in [0, 0.05) is 31.2 Å². The Labute approximate surface area is 152 Å². The molecule has 0 saturated heterocycles. The predicted molar refractivity (Wildman–Crippen MR) is 105 cm³/mol. The smallest absolute Gasteiger partial charge is 0.276 e. The summed E-state index contributed by atoms with van der Waals surface area (Å²) in [5, 5.41) is 14.1. The van der Waals surface area contributed by atoms with Gasteiger partial charge in [-0.25, -0.2) is 0 Å². The second-order valence-corrected chi connectivity index (χ2v) is 6.19. The average Bonchev–Trinajstić information content (AvgIpc) is 2.63. The van der Waals surface area contributed by atoms with Gasteiger partial charge >= 0.3 is 0 Å². The van der Waals surface area contributed by atoms with Gasteiger partial charge in [0.2, 0.25) is 0 Å². The minimum atomic E-state index is -0.294. The van der Waals surface area contributed by atoms with E-state index in [1.165, 1.54) is 0 Å². The number of aromatic nitrogens is 2. The third-order valence-corrected chi connectivity index (χ3v) is 3.83. The SMILES string of the molecule is Cc1cccc(Nc2ccc(C(=O)Nc3ccc(N(C)C)cc3)nn2)c1. The number of carbonyl (C=O) groups excluding carboxylic acids is 1. The van der Waals surface area contributed by atoms with E-state index in [1.54, 1.807) is 12.1 Å². The van der Waals surface area contributed by atoms with E-state index >= 15 is 0 Å². The number of aryl methyl sites for hydroxylation is 1. The third kappa shape index (κ3) is 4.36. The van der Waals surface area contributed by atoms with Crippen molar-refractivity contribution in [3.63, 3.8) is 0 Å². The Hall–Kier alpha value is -3.41. The first kappa shape index (κ1) is 17.4. The van der Waals surface area contributed by atoms with Crippen LogP contribution in [0.5, 0.6) is 0 Å². The second kappa shape index (κ2) is 7.65. The van der Waals surface area contributed by atoms with Crippen molar-refractivity contribution in [3.8, 4) is 0 Å². The highest BCUT2D eigenvalue weighted by atomic mass is 16.1. The number of hydrogen-bond donors (Lipinski definition) is 2. The molecule has 0 unspecified atom stereocenters. The molecule has 2 aromatic carbocycles. The quantitative estimate of drug-likeness (QED) is 0.734. The molecule has 1 amide bonds. The van der Waals surface area contributed by atoms with E-state index in [1.807, 2.05) is 74.4 Å². The standard InChI is InChI=1S/C20H21N5O/c1-14-5-4-6-16(13-14)21-19-12-11-18(23-24-19)20(26)22-15-7-9-17(10-8-15)25(2)3/h4-13H,1-3H3,(H,21,24)(H,22,26). The molecule has 0 saturated carbocycles. The summed E-state index contributed by atoms with van der Waals surface area (Å²) in [4.78, 5) is 14.3. The van der Waals surface area contributed by atoms with Crippen LogP contribution >= 0.6 is 0 Å². The molecule has 0 bridgehead atoms. The Morgan fingerprint density at radius 1 is 0.923 bits per heavy atom.